The van der Waals surface area contributed by atoms with Gasteiger partial charge in [-0.3, -0.25) is 9.59 Å². The molecule has 6 nitrogen and oxygen atoms in total. The predicted molar refractivity (Wildman–Crippen MR) is 112 cm³/mol. The van der Waals surface area contributed by atoms with Crippen molar-refractivity contribution in [2.24, 2.45) is 0 Å². The largest absolute Gasteiger partial charge is 0.493 e. The average molecular weight is 392 g/mol. The highest BCUT2D eigenvalue weighted by Crippen LogP contribution is 2.34. The summed E-state index contributed by atoms with van der Waals surface area (Å²) < 4.78 is 11.2. The quantitative estimate of drug-likeness (QED) is 0.790. The molecule has 0 bridgehead atoms. The fraction of sp³-hybridized carbons (Fsp3) is 0.304. The molecule has 6 heteroatoms. The van der Waals surface area contributed by atoms with Crippen molar-refractivity contribution >= 4 is 29.2 Å². The van der Waals surface area contributed by atoms with E-state index in [0.29, 0.717) is 17.1 Å². The van der Waals surface area contributed by atoms with Crippen LogP contribution < -0.4 is 14.8 Å². The third-order valence-corrected chi connectivity index (χ3v) is 5.27. The fourth-order valence-electron chi connectivity index (χ4n) is 3.72. The van der Waals surface area contributed by atoms with Crippen molar-refractivity contribution in [1.82, 2.24) is 4.90 Å². The van der Waals surface area contributed by atoms with E-state index in [0.717, 1.165) is 42.7 Å². The number of hydrogen-bond acceptors (Lipinski definition) is 4. The Balaban J connectivity index is 1.50. The Morgan fingerprint density at radius 3 is 2.69 bits per heavy atom. The van der Waals surface area contributed by atoms with E-state index in [1.807, 2.05) is 47.4 Å². The molecule has 29 heavy (non-hydrogen) atoms. The number of nitrogens with one attached hydrogen (secondary N) is 1. The first-order chi connectivity index (χ1) is 14.2. The first-order valence-corrected chi connectivity index (χ1v) is 9.87. The average Bonchev–Trinajstić information content (AvgIpc) is 3.08. The number of ether oxygens (including phenoxy) is 2. The Bertz CT molecular complexity index is 961. The number of carbonyl (C=O) groups excluding carboxylic acids is 2. The molecular formula is C23H24N2O4. The van der Waals surface area contributed by atoms with Gasteiger partial charge >= 0.3 is 0 Å². The monoisotopic (exact) mass is 392 g/mol. The molecule has 2 heterocycles. The maximum atomic E-state index is 12.3. The molecule has 2 aromatic carbocycles. The lowest BCUT2D eigenvalue weighted by Crippen LogP contribution is -2.38. The van der Waals surface area contributed by atoms with Crippen molar-refractivity contribution in [1.29, 1.82) is 0 Å². The second kappa shape index (κ2) is 8.39. The predicted octanol–water partition coefficient (Wildman–Crippen LogP) is 3.58. The SMILES string of the molecule is COc1cc(/C=C2\C(=O)Nc3ccccc32)ccc1OCC(=O)N1CCCCC1. The van der Waals surface area contributed by atoms with Gasteiger partial charge in [-0.25, -0.2) is 0 Å². The van der Waals surface area contributed by atoms with Gasteiger partial charge in [0.15, 0.2) is 18.1 Å². The number of benzene rings is 2. The molecule has 1 saturated heterocycles. The van der Waals surface area contributed by atoms with Crippen LogP contribution in [0.2, 0.25) is 0 Å². The summed E-state index contributed by atoms with van der Waals surface area (Å²) in [7, 11) is 1.56. The summed E-state index contributed by atoms with van der Waals surface area (Å²) in [4.78, 5) is 26.5. The van der Waals surface area contributed by atoms with Crippen LogP contribution in [0.25, 0.3) is 11.6 Å². The minimum atomic E-state index is -0.127. The van der Waals surface area contributed by atoms with E-state index in [9.17, 15) is 9.59 Å². The molecule has 0 atom stereocenters. The van der Waals surface area contributed by atoms with Gasteiger partial charge in [-0.2, -0.15) is 0 Å². The normalized spacial score (nSPS) is 17.1. The Kier molecular flexibility index (Phi) is 5.51. The molecule has 150 valence electrons. The number of amides is 2. The van der Waals surface area contributed by atoms with Crippen LogP contribution >= 0.6 is 0 Å². The highest BCUT2D eigenvalue weighted by Gasteiger charge is 2.23. The number of para-hydroxylation sites is 1. The van der Waals surface area contributed by atoms with Gasteiger partial charge in [0.05, 0.1) is 7.11 Å². The van der Waals surface area contributed by atoms with Crippen molar-refractivity contribution in [2.45, 2.75) is 19.3 Å². The van der Waals surface area contributed by atoms with Crippen LogP contribution in [0.4, 0.5) is 5.69 Å². The molecule has 1 fully saturated rings. The van der Waals surface area contributed by atoms with Crippen molar-refractivity contribution in [3.8, 4) is 11.5 Å². The Labute approximate surface area is 170 Å². The summed E-state index contributed by atoms with van der Waals surface area (Å²) in [5.74, 6) is 0.906. The molecule has 2 amide bonds. The number of carbonyl (C=O) groups is 2. The van der Waals surface area contributed by atoms with E-state index in [-0.39, 0.29) is 18.4 Å². The third kappa shape index (κ3) is 4.11. The number of nitrogens with zero attached hydrogens (tertiary/aromatic N) is 1. The number of piperidine rings is 1. The third-order valence-electron chi connectivity index (χ3n) is 5.27. The van der Waals surface area contributed by atoms with Gasteiger partial charge < -0.3 is 19.7 Å². The molecular weight excluding hydrogens is 368 g/mol. The zero-order chi connectivity index (χ0) is 20.2. The molecule has 0 spiro atoms. The van der Waals surface area contributed by atoms with E-state index >= 15 is 0 Å². The van der Waals surface area contributed by atoms with Gasteiger partial charge in [0.1, 0.15) is 0 Å². The Morgan fingerprint density at radius 2 is 1.90 bits per heavy atom. The van der Waals surface area contributed by atoms with E-state index < -0.39 is 0 Å². The lowest BCUT2D eigenvalue weighted by molar-refractivity contribution is -0.134. The van der Waals surface area contributed by atoms with Crippen LogP contribution in [-0.2, 0) is 9.59 Å². The number of likely N-dealkylation sites (tertiary alicyclic amines) is 1. The highest BCUT2D eigenvalue weighted by atomic mass is 16.5. The summed E-state index contributed by atoms with van der Waals surface area (Å²) >= 11 is 0. The molecule has 0 radical (unpaired) electrons. The second-order valence-corrected chi connectivity index (χ2v) is 7.20. The Hall–Kier alpha value is -3.28. The van der Waals surface area contributed by atoms with Crippen LogP contribution in [0.15, 0.2) is 42.5 Å². The topological polar surface area (TPSA) is 67.9 Å². The molecule has 0 saturated carbocycles. The van der Waals surface area contributed by atoms with Gasteiger partial charge in [-0.05, 0) is 49.1 Å². The van der Waals surface area contributed by atoms with Crippen LogP contribution in [0.3, 0.4) is 0 Å². The summed E-state index contributed by atoms with van der Waals surface area (Å²) in [5, 5.41) is 2.87. The van der Waals surface area contributed by atoms with Crippen molar-refractivity contribution in [2.75, 3.05) is 32.1 Å². The van der Waals surface area contributed by atoms with Crippen molar-refractivity contribution in [3.63, 3.8) is 0 Å². The maximum Gasteiger partial charge on any atom is 0.260 e. The number of rotatable bonds is 5. The fourth-order valence-corrected chi connectivity index (χ4v) is 3.72. The lowest BCUT2D eigenvalue weighted by Gasteiger charge is -2.26. The second-order valence-electron chi connectivity index (χ2n) is 7.20. The standard InChI is InChI=1S/C23H24N2O4/c1-28-21-14-16(13-18-17-7-3-4-8-19(17)24-23(18)27)9-10-20(21)29-15-22(26)25-11-5-2-6-12-25/h3-4,7-10,13-14H,2,5-6,11-12,15H2,1H3,(H,24,27)/b18-13-. The minimum Gasteiger partial charge on any atom is -0.493 e. The number of methoxy groups -OCH3 is 1. The molecule has 0 aliphatic carbocycles. The summed E-state index contributed by atoms with van der Waals surface area (Å²) in [6, 6.07) is 13.0. The summed E-state index contributed by atoms with van der Waals surface area (Å²) in [6.45, 7) is 1.59. The van der Waals surface area contributed by atoms with E-state index in [2.05, 4.69) is 5.32 Å². The number of hydrogen-bond donors (Lipinski definition) is 1. The summed E-state index contributed by atoms with van der Waals surface area (Å²) in [6.07, 6.45) is 5.11. The maximum absolute atomic E-state index is 12.3. The summed E-state index contributed by atoms with van der Waals surface area (Å²) in [5.41, 5.74) is 3.12. The molecule has 0 aromatic heterocycles. The highest BCUT2D eigenvalue weighted by molar-refractivity contribution is 6.34. The molecule has 2 aromatic rings. The van der Waals surface area contributed by atoms with Gasteiger partial charge in [0.25, 0.3) is 11.8 Å². The molecule has 0 unspecified atom stereocenters. The van der Waals surface area contributed by atoms with E-state index in [4.69, 9.17) is 9.47 Å². The van der Waals surface area contributed by atoms with E-state index in [1.54, 1.807) is 13.2 Å². The molecule has 2 aliphatic rings. The van der Waals surface area contributed by atoms with Crippen molar-refractivity contribution in [3.05, 3.63) is 53.6 Å². The van der Waals surface area contributed by atoms with Gasteiger partial charge in [0, 0.05) is 29.9 Å². The van der Waals surface area contributed by atoms with Crippen LogP contribution in [-0.4, -0.2) is 43.5 Å². The van der Waals surface area contributed by atoms with Gasteiger partial charge in [-0.15, -0.1) is 0 Å². The van der Waals surface area contributed by atoms with Crippen LogP contribution in [0.5, 0.6) is 11.5 Å². The first-order valence-electron chi connectivity index (χ1n) is 9.87. The number of fused-ring (bicyclic) bond motifs is 1. The van der Waals surface area contributed by atoms with Crippen LogP contribution in [0.1, 0.15) is 30.4 Å². The zero-order valence-electron chi connectivity index (χ0n) is 16.4. The Morgan fingerprint density at radius 1 is 1.10 bits per heavy atom. The van der Waals surface area contributed by atoms with Crippen LogP contribution in [0, 0.1) is 0 Å². The van der Waals surface area contributed by atoms with Gasteiger partial charge in [0.2, 0.25) is 0 Å². The molecule has 1 N–H and O–H groups in total. The minimum absolute atomic E-state index is 0.00261. The molecule has 4 rings (SSSR count). The first kappa shape index (κ1) is 19.1. The smallest absolute Gasteiger partial charge is 0.260 e. The van der Waals surface area contributed by atoms with E-state index in [1.165, 1.54) is 6.42 Å². The lowest BCUT2D eigenvalue weighted by atomic mass is 10.0. The number of anilines is 1. The van der Waals surface area contributed by atoms with Crippen molar-refractivity contribution < 1.29 is 19.1 Å². The molecule has 2 aliphatic heterocycles. The zero-order valence-corrected chi connectivity index (χ0v) is 16.4. The van der Waals surface area contributed by atoms with Gasteiger partial charge in [-0.1, -0.05) is 24.3 Å².